The molecule has 0 saturated carbocycles. The minimum Gasteiger partial charge on any atom is -0.542 e. The molecule has 3 aromatic carbocycles. The smallest absolute Gasteiger partial charge is 0.430 e. The van der Waals surface area contributed by atoms with Gasteiger partial charge in [-0.3, -0.25) is 19.1 Å². The second-order valence-corrected chi connectivity index (χ2v) is 13.8. The number of carboxylic acids is 1. The first-order valence-electron chi connectivity index (χ1n) is 18.4. The third-order valence-corrected chi connectivity index (χ3v) is 9.59. The van der Waals surface area contributed by atoms with E-state index in [1.807, 2.05) is 42.5 Å². The van der Waals surface area contributed by atoms with Crippen LogP contribution in [0.15, 0.2) is 107 Å². The van der Waals surface area contributed by atoms with E-state index in [1.165, 1.54) is 10.9 Å². The lowest BCUT2D eigenvalue weighted by atomic mass is 10.0. The van der Waals surface area contributed by atoms with Crippen molar-refractivity contribution in [1.29, 1.82) is 0 Å². The van der Waals surface area contributed by atoms with Crippen LogP contribution in [-0.4, -0.2) is 112 Å². The van der Waals surface area contributed by atoms with Gasteiger partial charge in [-0.05, 0) is 35.4 Å². The number of ether oxygens (including phenoxy) is 4. The molecular weight excluding hydrogens is 817 g/mol. The SMILES string of the molecule is O=C([O-])C(F)(F)F.[NH3+]C[C@H]1O[C@@H](O[C@H](c2cn(Cc3ccc(COc4ccc(C(=O)c5ccccc5)cc4)cc3)nn2)[C@H]2O[C@@H](n3ccc(=O)[nH]c3=O)[C@H](O)[C@@H]2O)[C@H](O)[C@@H]1O. The number of carbonyl (C=O) groups excluding carboxylic acids is 2. The van der Waals surface area contributed by atoms with E-state index in [0.29, 0.717) is 23.5 Å². The summed E-state index contributed by atoms with van der Waals surface area (Å²) < 4.78 is 57.6. The van der Waals surface area contributed by atoms with Crippen LogP contribution in [0.3, 0.4) is 0 Å². The van der Waals surface area contributed by atoms with Gasteiger partial charge in [-0.2, -0.15) is 13.2 Å². The number of ketones is 1. The summed E-state index contributed by atoms with van der Waals surface area (Å²) in [4.78, 5) is 47.7. The highest BCUT2D eigenvalue weighted by molar-refractivity contribution is 6.09. The van der Waals surface area contributed by atoms with Crippen molar-refractivity contribution in [1.82, 2.24) is 24.5 Å². The molecule has 2 aliphatic heterocycles. The van der Waals surface area contributed by atoms with Crippen LogP contribution in [0.2, 0.25) is 0 Å². The summed E-state index contributed by atoms with van der Waals surface area (Å²) >= 11 is 0. The van der Waals surface area contributed by atoms with Crippen molar-refractivity contribution in [3.05, 3.63) is 146 Å². The lowest BCUT2D eigenvalue weighted by molar-refractivity contribution is -0.391. The molecular formula is C39H39F3N6O13. The molecule has 22 heteroatoms. The summed E-state index contributed by atoms with van der Waals surface area (Å²) in [6, 6.07) is 24.7. The Morgan fingerprint density at radius 2 is 1.51 bits per heavy atom. The standard InChI is InChI=1S/C37H38N6O11.C2HF3O2/c38-16-26-29(46)32(49)36(52-26)54-33(34-30(47)31(48)35(53-34)43-15-14-27(44)39-37(43)50)25-18-42(41-40-25)17-20-6-8-21(9-7-20)19-51-24-12-10-23(11-13-24)28(45)22-4-2-1-3-5-22;3-2(4,5)1(6)7/h1-15,18,26,29-36,46-49H,16-17,19,38H2,(H,39,44,50);(H,6,7)/t26-,29-,30+,31-,32-,33-,34+,35-,36+;/m1./s1. The maximum atomic E-state index is 12.7. The number of carboxylic acid groups (broad SMARTS) is 1. The highest BCUT2D eigenvalue weighted by Crippen LogP contribution is 2.39. The number of halogens is 3. The van der Waals surface area contributed by atoms with E-state index in [0.717, 1.165) is 28.0 Å². The second-order valence-electron chi connectivity index (χ2n) is 13.8. The third kappa shape index (κ3) is 10.6. The van der Waals surface area contributed by atoms with Gasteiger partial charge < -0.3 is 55.0 Å². The largest absolute Gasteiger partial charge is 0.542 e. The first-order valence-corrected chi connectivity index (χ1v) is 18.4. The van der Waals surface area contributed by atoms with Crippen molar-refractivity contribution in [2.24, 2.45) is 0 Å². The zero-order chi connectivity index (χ0) is 44.0. The quantitative estimate of drug-likeness (QED) is 0.0724. The number of quaternary nitrogens is 1. The Hall–Kier alpha value is -6.11. The summed E-state index contributed by atoms with van der Waals surface area (Å²) in [7, 11) is 0. The summed E-state index contributed by atoms with van der Waals surface area (Å²) in [5.74, 6) is -2.46. The van der Waals surface area contributed by atoms with Crippen molar-refractivity contribution in [2.75, 3.05) is 6.54 Å². The normalized spacial score (nSPS) is 24.1. The Balaban J connectivity index is 0.000000819. The predicted molar refractivity (Wildman–Crippen MR) is 197 cm³/mol. The average molecular weight is 857 g/mol. The number of H-pyrrole nitrogens is 1. The molecule has 0 aliphatic carbocycles. The van der Waals surface area contributed by atoms with Crippen LogP contribution in [-0.2, 0) is 32.2 Å². The fourth-order valence-corrected chi connectivity index (χ4v) is 6.39. The van der Waals surface area contributed by atoms with E-state index in [9.17, 15) is 48.0 Å². The number of alkyl halides is 3. The van der Waals surface area contributed by atoms with Crippen LogP contribution < -0.4 is 26.8 Å². The van der Waals surface area contributed by atoms with E-state index in [2.05, 4.69) is 21.0 Å². The monoisotopic (exact) mass is 856 g/mol. The van der Waals surface area contributed by atoms with Crippen LogP contribution in [0, 0.1) is 0 Å². The molecule has 324 valence electrons. The molecule has 4 heterocycles. The van der Waals surface area contributed by atoms with Crippen molar-refractivity contribution < 1.29 is 73.0 Å². The van der Waals surface area contributed by atoms with E-state index in [1.54, 1.807) is 36.4 Å². The topological polar surface area (TPSA) is 288 Å². The third-order valence-electron chi connectivity index (χ3n) is 9.59. The number of carbonyl (C=O) groups is 2. The molecule has 19 nitrogen and oxygen atoms in total. The van der Waals surface area contributed by atoms with Gasteiger partial charge in [0.1, 0.15) is 73.3 Å². The number of aliphatic hydroxyl groups excluding tert-OH is 4. The molecule has 0 unspecified atom stereocenters. The van der Waals surface area contributed by atoms with E-state index < -0.39 is 78.6 Å². The van der Waals surface area contributed by atoms with Gasteiger partial charge in [0.05, 0.1) is 12.7 Å². The van der Waals surface area contributed by atoms with Crippen LogP contribution in [0.5, 0.6) is 5.75 Å². The van der Waals surface area contributed by atoms with Gasteiger partial charge in [-0.1, -0.05) is 59.8 Å². The van der Waals surface area contributed by atoms with Crippen molar-refractivity contribution in [3.63, 3.8) is 0 Å². The van der Waals surface area contributed by atoms with Gasteiger partial charge in [0.2, 0.25) is 0 Å². The lowest BCUT2D eigenvalue weighted by Gasteiger charge is -2.28. The molecule has 2 saturated heterocycles. The van der Waals surface area contributed by atoms with Crippen LogP contribution >= 0.6 is 0 Å². The zero-order valence-electron chi connectivity index (χ0n) is 31.6. The molecule has 5 aromatic rings. The molecule has 0 bridgehead atoms. The van der Waals surface area contributed by atoms with E-state index in [4.69, 9.17) is 28.8 Å². The molecule has 8 N–H and O–H groups in total. The predicted octanol–water partition coefficient (Wildman–Crippen LogP) is -1.65. The van der Waals surface area contributed by atoms with E-state index >= 15 is 0 Å². The van der Waals surface area contributed by atoms with Crippen molar-refractivity contribution >= 4 is 11.8 Å². The molecule has 0 spiro atoms. The zero-order valence-corrected chi connectivity index (χ0v) is 31.6. The van der Waals surface area contributed by atoms with Gasteiger partial charge in [-0.15, -0.1) is 5.10 Å². The Labute approximate surface area is 341 Å². The van der Waals surface area contributed by atoms with Crippen molar-refractivity contribution in [2.45, 2.75) is 74.6 Å². The summed E-state index contributed by atoms with van der Waals surface area (Å²) in [6.07, 6.45) is -15.0. The summed E-state index contributed by atoms with van der Waals surface area (Å²) in [5, 5.41) is 60.4. The second kappa shape index (κ2) is 19.1. The number of hydrogen-bond donors (Lipinski definition) is 6. The molecule has 7 rings (SSSR count). The number of nitrogens with zero attached hydrogens (tertiary/aromatic N) is 4. The Morgan fingerprint density at radius 1 is 0.869 bits per heavy atom. The molecule has 2 aliphatic rings. The number of aliphatic carboxylic acids is 1. The number of benzene rings is 3. The maximum absolute atomic E-state index is 12.7. The molecule has 2 aromatic heterocycles. The number of aromatic nitrogens is 5. The molecule has 0 amide bonds. The van der Waals surface area contributed by atoms with Crippen LogP contribution in [0.25, 0.3) is 0 Å². The molecule has 0 radical (unpaired) electrons. The first-order chi connectivity index (χ1) is 29.0. The van der Waals surface area contributed by atoms with Crippen LogP contribution in [0.1, 0.15) is 45.1 Å². The number of aromatic amines is 1. The highest BCUT2D eigenvalue weighted by Gasteiger charge is 2.52. The Bertz CT molecular complexity index is 2380. The fourth-order valence-electron chi connectivity index (χ4n) is 6.39. The van der Waals surface area contributed by atoms with Gasteiger partial charge in [0, 0.05) is 23.4 Å². The van der Waals surface area contributed by atoms with Gasteiger partial charge in [-0.25, -0.2) is 9.48 Å². The first kappa shape index (κ1) is 44.4. The number of aliphatic hydroxyl groups is 4. The van der Waals surface area contributed by atoms with Crippen LogP contribution in [0.4, 0.5) is 13.2 Å². The van der Waals surface area contributed by atoms with E-state index in [-0.39, 0.29) is 24.6 Å². The summed E-state index contributed by atoms with van der Waals surface area (Å²) in [6.45, 7) is 0.695. The Morgan fingerprint density at radius 3 is 2.11 bits per heavy atom. The molecule has 61 heavy (non-hydrogen) atoms. The highest BCUT2D eigenvalue weighted by atomic mass is 19.4. The fraction of sp³-hybridized carbons (Fsp3) is 0.333. The van der Waals surface area contributed by atoms with Gasteiger partial charge >= 0.3 is 11.9 Å². The number of nitrogens with one attached hydrogen (secondary N) is 1. The Kier molecular flexibility index (Phi) is 13.9. The minimum absolute atomic E-state index is 0.0674. The number of rotatable bonds is 13. The van der Waals surface area contributed by atoms with Gasteiger partial charge in [0.25, 0.3) is 5.56 Å². The van der Waals surface area contributed by atoms with Crippen molar-refractivity contribution in [3.8, 4) is 5.75 Å². The minimum atomic E-state index is -5.19. The maximum Gasteiger partial charge on any atom is 0.430 e. The lowest BCUT2D eigenvalue weighted by Crippen LogP contribution is -2.58. The summed E-state index contributed by atoms with van der Waals surface area (Å²) in [5.41, 5.74) is 5.25. The molecule has 9 atom stereocenters. The van der Waals surface area contributed by atoms with Gasteiger partial charge in [0.15, 0.2) is 18.3 Å². The average Bonchev–Trinajstić information content (AvgIpc) is 3.91. The molecule has 2 fully saturated rings. The number of hydrogen-bond acceptors (Lipinski definition) is 15.